The van der Waals surface area contributed by atoms with Crippen LogP contribution in [-0.2, 0) is 5.41 Å². The predicted molar refractivity (Wildman–Crippen MR) is 259 cm³/mol. The quantitative estimate of drug-likeness (QED) is 0.167. The average Bonchev–Trinajstić information content (AvgIpc) is 3.90. The van der Waals surface area contributed by atoms with Crippen LogP contribution in [0.3, 0.4) is 0 Å². The Labute approximate surface area is 369 Å². The number of nitrogens with zero attached hydrogens (tertiary/aromatic N) is 4. The van der Waals surface area contributed by atoms with Gasteiger partial charge in [0.05, 0.1) is 16.5 Å². The van der Waals surface area contributed by atoms with Crippen LogP contribution >= 0.6 is 0 Å². The van der Waals surface area contributed by atoms with Crippen molar-refractivity contribution in [1.29, 1.82) is 0 Å². The van der Waals surface area contributed by atoms with E-state index in [2.05, 4.69) is 193 Å². The van der Waals surface area contributed by atoms with Gasteiger partial charge in [0, 0.05) is 33.5 Å². The Bertz CT molecular complexity index is 3760. The fraction of sp³-hybridized carbons (Fsp3) is 0.0169. The molecular weight excluding hydrogens is 781 g/mol. The van der Waals surface area contributed by atoms with Crippen molar-refractivity contribution < 1.29 is 4.42 Å². The molecule has 0 atom stereocenters. The van der Waals surface area contributed by atoms with Crippen molar-refractivity contribution in [3.8, 4) is 56.4 Å². The van der Waals surface area contributed by atoms with Crippen molar-refractivity contribution in [3.63, 3.8) is 0 Å². The third kappa shape index (κ3) is 5.51. The number of hydrogen-bond acceptors (Lipinski definition) is 5. The van der Waals surface area contributed by atoms with Gasteiger partial charge in [-0.3, -0.25) is 4.98 Å². The number of hydrogen-bond donors (Lipinski definition) is 0. The van der Waals surface area contributed by atoms with Crippen LogP contribution in [0.15, 0.2) is 223 Å². The van der Waals surface area contributed by atoms with Crippen LogP contribution in [0, 0.1) is 0 Å². The van der Waals surface area contributed by atoms with Gasteiger partial charge in [-0.15, -0.1) is 0 Å². The van der Waals surface area contributed by atoms with E-state index in [1.54, 1.807) is 0 Å². The standard InChI is InChI=1S/C59H36N4O/c1-3-16-42(17-4-1)59(43-18-5-2-6-19-43)51-25-9-7-20-44(51)45-32-31-41(35-52(45)59)56-61-57(63-58(62-56)49-24-12-22-47-46-21-8-10-26-54(46)64-55(47)49)48-23-11-14-37-27-29-39(34-50(37)48)40-30-28-38-15-13-33-60-53(38)36-40/h1-36H. The molecule has 12 aromatic rings. The summed E-state index contributed by atoms with van der Waals surface area (Å²) in [6.07, 6.45) is 1.84. The van der Waals surface area contributed by atoms with Crippen molar-refractivity contribution in [3.05, 3.63) is 241 Å². The second-order valence-electron chi connectivity index (χ2n) is 16.5. The molecule has 3 aromatic heterocycles. The Hall–Kier alpha value is -8.54. The molecule has 1 aliphatic carbocycles. The molecule has 0 saturated carbocycles. The lowest BCUT2D eigenvalue weighted by Gasteiger charge is -2.34. The lowest BCUT2D eigenvalue weighted by Crippen LogP contribution is -2.28. The summed E-state index contributed by atoms with van der Waals surface area (Å²) in [5.41, 5.74) is 14.0. The molecule has 64 heavy (non-hydrogen) atoms. The zero-order valence-corrected chi connectivity index (χ0v) is 34.5. The molecule has 13 rings (SSSR count). The summed E-state index contributed by atoms with van der Waals surface area (Å²) in [4.78, 5) is 20.8. The van der Waals surface area contributed by atoms with Crippen LogP contribution < -0.4 is 0 Å². The van der Waals surface area contributed by atoms with Gasteiger partial charge in [0.15, 0.2) is 17.5 Å². The molecule has 9 aromatic carbocycles. The highest BCUT2D eigenvalue weighted by Gasteiger charge is 2.46. The third-order valence-corrected chi connectivity index (χ3v) is 13.1. The van der Waals surface area contributed by atoms with Crippen molar-refractivity contribution >= 4 is 43.6 Å². The maximum absolute atomic E-state index is 6.61. The van der Waals surface area contributed by atoms with E-state index in [1.165, 1.54) is 33.4 Å². The van der Waals surface area contributed by atoms with Crippen LogP contribution in [-0.4, -0.2) is 19.9 Å². The molecule has 0 saturated heterocycles. The summed E-state index contributed by atoms with van der Waals surface area (Å²) in [5.74, 6) is 1.70. The molecule has 0 amide bonds. The van der Waals surface area contributed by atoms with E-state index in [1.807, 2.05) is 30.5 Å². The van der Waals surface area contributed by atoms with Gasteiger partial charge in [-0.2, -0.15) is 0 Å². The maximum Gasteiger partial charge on any atom is 0.167 e. The first-order valence-electron chi connectivity index (χ1n) is 21.6. The first kappa shape index (κ1) is 36.1. The highest BCUT2D eigenvalue weighted by atomic mass is 16.3. The molecular formula is C59H36N4O. The van der Waals surface area contributed by atoms with Gasteiger partial charge in [-0.25, -0.2) is 15.0 Å². The largest absolute Gasteiger partial charge is 0.455 e. The number of para-hydroxylation sites is 2. The number of aromatic nitrogens is 4. The van der Waals surface area contributed by atoms with Gasteiger partial charge >= 0.3 is 0 Å². The summed E-state index contributed by atoms with van der Waals surface area (Å²) >= 11 is 0. The van der Waals surface area contributed by atoms with E-state index in [9.17, 15) is 0 Å². The molecule has 0 spiro atoms. The van der Waals surface area contributed by atoms with E-state index < -0.39 is 5.41 Å². The number of rotatable bonds is 6. The normalized spacial score (nSPS) is 12.8. The van der Waals surface area contributed by atoms with Crippen LogP contribution in [0.1, 0.15) is 22.3 Å². The minimum atomic E-state index is -0.576. The number of fused-ring (bicyclic) bond motifs is 8. The molecule has 1 aliphatic rings. The van der Waals surface area contributed by atoms with Crippen LogP contribution in [0.2, 0.25) is 0 Å². The first-order valence-corrected chi connectivity index (χ1v) is 21.6. The van der Waals surface area contributed by atoms with Gasteiger partial charge in [0.2, 0.25) is 0 Å². The third-order valence-electron chi connectivity index (χ3n) is 13.1. The van der Waals surface area contributed by atoms with E-state index in [-0.39, 0.29) is 0 Å². The minimum Gasteiger partial charge on any atom is -0.455 e. The monoisotopic (exact) mass is 816 g/mol. The second kappa shape index (κ2) is 14.3. The molecule has 5 nitrogen and oxygen atoms in total. The molecule has 3 heterocycles. The second-order valence-corrected chi connectivity index (χ2v) is 16.5. The van der Waals surface area contributed by atoms with Crippen molar-refractivity contribution in [2.24, 2.45) is 0 Å². The van der Waals surface area contributed by atoms with E-state index in [4.69, 9.17) is 19.4 Å². The van der Waals surface area contributed by atoms with Crippen molar-refractivity contribution in [1.82, 2.24) is 19.9 Å². The van der Waals surface area contributed by atoms with Crippen molar-refractivity contribution in [2.75, 3.05) is 0 Å². The SMILES string of the molecule is c1ccc(C2(c3ccccc3)c3ccccc3-c3ccc(-c4nc(-c5cccc6ccc(-c7ccc8cccnc8c7)cc56)nc(-c5cccc6c5oc5ccccc56)n4)cc32)cc1. The van der Waals surface area contributed by atoms with Gasteiger partial charge in [0.1, 0.15) is 11.2 Å². The van der Waals surface area contributed by atoms with E-state index >= 15 is 0 Å². The number of furan rings is 1. The van der Waals surface area contributed by atoms with Crippen molar-refractivity contribution in [2.45, 2.75) is 5.41 Å². The lowest BCUT2D eigenvalue weighted by molar-refractivity contribution is 0.669. The van der Waals surface area contributed by atoms with E-state index in [0.717, 1.165) is 71.4 Å². The van der Waals surface area contributed by atoms with Crippen LogP contribution in [0.25, 0.3) is 100 Å². The smallest absolute Gasteiger partial charge is 0.167 e. The highest BCUT2D eigenvalue weighted by molar-refractivity contribution is 6.09. The summed E-state index contributed by atoms with van der Waals surface area (Å²) in [7, 11) is 0. The Kier molecular flexibility index (Phi) is 8.06. The summed E-state index contributed by atoms with van der Waals surface area (Å²) in [6.45, 7) is 0. The first-order chi connectivity index (χ1) is 31.7. The van der Waals surface area contributed by atoms with Crippen LogP contribution in [0.4, 0.5) is 0 Å². The zero-order valence-electron chi connectivity index (χ0n) is 34.5. The summed E-state index contributed by atoms with van der Waals surface area (Å²) in [5, 5.41) is 5.31. The molecule has 5 heteroatoms. The Morgan fingerprint density at radius 1 is 0.359 bits per heavy atom. The number of pyridine rings is 1. The van der Waals surface area contributed by atoms with Gasteiger partial charge in [-0.1, -0.05) is 176 Å². The molecule has 0 fully saturated rings. The van der Waals surface area contributed by atoms with Gasteiger partial charge < -0.3 is 4.42 Å². The van der Waals surface area contributed by atoms with Crippen LogP contribution in [0.5, 0.6) is 0 Å². The summed E-state index contributed by atoms with van der Waals surface area (Å²) < 4.78 is 6.61. The molecule has 0 aliphatic heterocycles. The highest BCUT2D eigenvalue weighted by Crippen LogP contribution is 2.56. The Morgan fingerprint density at radius 3 is 1.81 bits per heavy atom. The molecule has 298 valence electrons. The maximum atomic E-state index is 6.61. The molecule has 0 unspecified atom stereocenters. The average molecular weight is 817 g/mol. The Morgan fingerprint density at radius 2 is 0.969 bits per heavy atom. The van der Waals surface area contributed by atoms with E-state index in [0.29, 0.717) is 17.5 Å². The Balaban J connectivity index is 1.06. The molecule has 0 bridgehead atoms. The van der Waals surface area contributed by atoms with Gasteiger partial charge in [-0.05, 0) is 91.7 Å². The van der Waals surface area contributed by atoms with Gasteiger partial charge in [0.25, 0.3) is 0 Å². The number of benzene rings is 9. The molecule has 0 radical (unpaired) electrons. The summed E-state index contributed by atoms with van der Waals surface area (Å²) in [6, 6.07) is 75.2. The topological polar surface area (TPSA) is 64.7 Å². The zero-order chi connectivity index (χ0) is 42.2. The molecule has 0 N–H and O–H groups in total. The predicted octanol–water partition coefficient (Wildman–Crippen LogP) is 14.5. The fourth-order valence-corrected chi connectivity index (χ4v) is 10.1. The minimum absolute atomic E-state index is 0.541. The lowest BCUT2D eigenvalue weighted by atomic mass is 9.67. The fourth-order valence-electron chi connectivity index (χ4n) is 10.1.